The topological polar surface area (TPSA) is 106 Å². The number of aliphatic hydroxyl groups excluding tert-OH is 1. The average molecular weight is 461 g/mol. The molecule has 1 aromatic heterocycles. The second-order valence-electron chi connectivity index (χ2n) is 8.95. The number of hydrogen-bond acceptors (Lipinski definition) is 9. The molecule has 32 heavy (non-hydrogen) atoms. The molecule has 5 N–H and O–H groups in total. The molecule has 9 nitrogen and oxygen atoms in total. The number of halogens is 1. The fourth-order valence-corrected chi connectivity index (χ4v) is 4.32. The lowest BCUT2D eigenvalue weighted by Crippen LogP contribution is -2.50. The molecule has 174 valence electrons. The van der Waals surface area contributed by atoms with Gasteiger partial charge in [-0.3, -0.25) is 10.0 Å². The Morgan fingerprint density at radius 1 is 1.22 bits per heavy atom. The number of nitrogens with one attached hydrogen (secondary N) is 2. The van der Waals surface area contributed by atoms with E-state index in [9.17, 15) is 5.11 Å². The van der Waals surface area contributed by atoms with Gasteiger partial charge in [0.05, 0.1) is 23.4 Å². The van der Waals surface area contributed by atoms with Gasteiger partial charge in [0.2, 0.25) is 5.95 Å². The van der Waals surface area contributed by atoms with Crippen LogP contribution >= 0.6 is 11.6 Å². The first-order valence-electron chi connectivity index (χ1n) is 11.2. The Labute approximate surface area is 194 Å². The Kier molecular flexibility index (Phi) is 6.50. The highest BCUT2D eigenvalue weighted by atomic mass is 35.5. The van der Waals surface area contributed by atoms with E-state index >= 15 is 0 Å². The third-order valence-corrected chi connectivity index (χ3v) is 6.28. The summed E-state index contributed by atoms with van der Waals surface area (Å²) in [6.07, 6.45) is 1.96. The third-order valence-electron chi connectivity index (χ3n) is 5.94. The molecule has 1 aromatic carbocycles. The average Bonchev–Trinajstić information content (AvgIpc) is 3.39. The first-order valence-corrected chi connectivity index (χ1v) is 11.6. The van der Waals surface area contributed by atoms with E-state index in [-0.39, 0.29) is 24.7 Å². The summed E-state index contributed by atoms with van der Waals surface area (Å²) in [6.45, 7) is 9.97. The molecule has 1 fully saturated rings. The van der Waals surface area contributed by atoms with E-state index in [4.69, 9.17) is 27.3 Å². The molecule has 0 bridgehead atoms. The number of hydrogen-bond donors (Lipinski definition) is 4. The van der Waals surface area contributed by atoms with Crippen molar-refractivity contribution >= 4 is 40.6 Å². The van der Waals surface area contributed by atoms with Gasteiger partial charge < -0.3 is 21.1 Å². The van der Waals surface area contributed by atoms with Crippen molar-refractivity contribution in [2.24, 2.45) is 0 Å². The molecule has 1 atom stereocenters. The summed E-state index contributed by atoms with van der Waals surface area (Å²) in [5.41, 5.74) is 11.9. The molecule has 2 aliphatic heterocycles. The summed E-state index contributed by atoms with van der Waals surface area (Å²) in [7, 11) is 0. The van der Waals surface area contributed by atoms with E-state index in [0.29, 0.717) is 23.2 Å². The Balaban J connectivity index is 1.75. The number of nitrogens with zero attached hydrogens (tertiary/aromatic N) is 5. The maximum Gasteiger partial charge on any atom is 0.229 e. The van der Waals surface area contributed by atoms with E-state index in [1.807, 2.05) is 18.2 Å². The van der Waals surface area contributed by atoms with Crippen molar-refractivity contribution in [1.82, 2.24) is 15.5 Å². The summed E-state index contributed by atoms with van der Waals surface area (Å²) in [4.78, 5) is 12.0. The van der Waals surface area contributed by atoms with Crippen molar-refractivity contribution < 1.29 is 5.11 Å². The predicted molar refractivity (Wildman–Crippen MR) is 131 cm³/mol. The summed E-state index contributed by atoms with van der Waals surface area (Å²) in [5.74, 6) is 2.21. The smallest absolute Gasteiger partial charge is 0.229 e. The minimum absolute atomic E-state index is 0.0417. The van der Waals surface area contributed by atoms with Gasteiger partial charge in [0.1, 0.15) is 5.69 Å². The fraction of sp³-hybridized carbons (Fsp3) is 0.545. The van der Waals surface area contributed by atoms with Gasteiger partial charge in [0.15, 0.2) is 11.6 Å². The lowest BCUT2D eigenvalue weighted by atomic mass is 10.2. The van der Waals surface area contributed by atoms with Crippen molar-refractivity contribution in [3.8, 4) is 0 Å². The molecule has 10 heteroatoms. The Bertz CT molecular complexity index is 969. The summed E-state index contributed by atoms with van der Waals surface area (Å²) in [5, 5.41) is 18.1. The van der Waals surface area contributed by atoms with Crippen molar-refractivity contribution in [3.05, 3.63) is 28.8 Å². The molecule has 1 saturated heterocycles. The second-order valence-corrected chi connectivity index (χ2v) is 9.36. The van der Waals surface area contributed by atoms with Gasteiger partial charge in [-0.25, -0.2) is 0 Å². The zero-order valence-electron chi connectivity index (χ0n) is 19.1. The van der Waals surface area contributed by atoms with E-state index in [0.717, 1.165) is 42.3 Å². The standard InChI is InChI=1S/C22H33ClN8O/c1-13(2)30-19-20(25-11-15-7-8-17(23)18(24)10-15)26-22(29-9-5-6-16(29)12-32)27-21(19)31(28-30)14(3)4/h7-8,10,13-14,16,28,32H,5-6,9,11-12,24H2,1-4H3,(H,25,26,27)/t16-/m1/s1. The summed E-state index contributed by atoms with van der Waals surface area (Å²) >= 11 is 6.08. The van der Waals surface area contributed by atoms with Crippen molar-refractivity contribution in [3.63, 3.8) is 0 Å². The summed E-state index contributed by atoms with van der Waals surface area (Å²) in [6, 6.07) is 6.06. The van der Waals surface area contributed by atoms with E-state index in [2.05, 4.69) is 53.5 Å². The van der Waals surface area contributed by atoms with Crippen LogP contribution in [0.2, 0.25) is 5.02 Å². The van der Waals surface area contributed by atoms with Crippen LogP contribution in [0.1, 0.15) is 46.1 Å². The zero-order valence-corrected chi connectivity index (χ0v) is 19.9. The SMILES string of the molecule is CC(C)N1NN(C(C)C)c2c(NCc3ccc(Cl)c(N)c3)nc(N3CCC[C@@H]3CO)nc21. The normalized spacial score (nSPS) is 18.2. The molecule has 4 rings (SSSR count). The number of benzene rings is 1. The molecular formula is C22H33ClN8O. The van der Waals surface area contributed by atoms with Crippen molar-refractivity contribution in [2.75, 3.05) is 39.1 Å². The molecule has 0 unspecified atom stereocenters. The maximum atomic E-state index is 9.85. The van der Waals surface area contributed by atoms with Crippen LogP contribution in [-0.2, 0) is 6.54 Å². The predicted octanol–water partition coefficient (Wildman–Crippen LogP) is 3.15. The zero-order chi connectivity index (χ0) is 23.0. The molecule has 2 aliphatic rings. The van der Waals surface area contributed by atoms with Crippen LogP contribution in [0.4, 0.5) is 29.0 Å². The molecular weight excluding hydrogens is 428 g/mol. The van der Waals surface area contributed by atoms with Crippen molar-refractivity contribution in [2.45, 2.75) is 65.2 Å². The first kappa shape index (κ1) is 22.7. The van der Waals surface area contributed by atoms with Gasteiger partial charge in [-0.2, -0.15) is 9.97 Å². The largest absolute Gasteiger partial charge is 0.398 e. The van der Waals surface area contributed by atoms with E-state index in [1.165, 1.54) is 0 Å². The number of fused-ring (bicyclic) bond motifs is 1. The molecule has 0 radical (unpaired) electrons. The van der Waals surface area contributed by atoms with Gasteiger partial charge in [-0.15, -0.1) is 5.53 Å². The summed E-state index contributed by atoms with van der Waals surface area (Å²) < 4.78 is 0. The molecule has 0 aliphatic carbocycles. The third kappa shape index (κ3) is 4.24. The monoisotopic (exact) mass is 460 g/mol. The highest BCUT2D eigenvalue weighted by molar-refractivity contribution is 6.33. The van der Waals surface area contributed by atoms with Gasteiger partial charge in [0.25, 0.3) is 0 Å². The lowest BCUT2D eigenvalue weighted by Gasteiger charge is -2.27. The van der Waals surface area contributed by atoms with Gasteiger partial charge >= 0.3 is 0 Å². The minimum Gasteiger partial charge on any atom is -0.398 e. The van der Waals surface area contributed by atoms with Crippen LogP contribution in [0.5, 0.6) is 0 Å². The van der Waals surface area contributed by atoms with Crippen molar-refractivity contribution in [1.29, 1.82) is 0 Å². The van der Waals surface area contributed by atoms with Crippen LogP contribution in [0, 0.1) is 0 Å². The maximum absolute atomic E-state index is 9.85. The van der Waals surface area contributed by atoms with Crippen LogP contribution in [0.25, 0.3) is 0 Å². The molecule has 0 saturated carbocycles. The molecule has 2 aromatic rings. The highest BCUT2D eigenvalue weighted by Crippen LogP contribution is 2.41. The second kappa shape index (κ2) is 9.17. The van der Waals surface area contributed by atoms with E-state index < -0.39 is 0 Å². The molecule has 0 amide bonds. The first-order chi connectivity index (χ1) is 15.3. The fourth-order valence-electron chi connectivity index (χ4n) is 4.20. The minimum atomic E-state index is 0.0417. The van der Waals surface area contributed by atoms with E-state index in [1.54, 1.807) is 0 Å². The lowest BCUT2D eigenvalue weighted by molar-refractivity contribution is 0.265. The number of aromatic nitrogens is 2. The molecule has 3 heterocycles. The number of nitrogens with two attached hydrogens (primary N) is 1. The Morgan fingerprint density at radius 3 is 2.62 bits per heavy atom. The van der Waals surface area contributed by atoms with Gasteiger partial charge in [-0.1, -0.05) is 17.7 Å². The molecule has 0 spiro atoms. The number of aliphatic hydroxyl groups is 1. The number of rotatable bonds is 7. The number of nitrogen functional groups attached to an aromatic ring is 1. The van der Waals surface area contributed by atoms with Gasteiger partial charge in [-0.05, 0) is 58.2 Å². The van der Waals surface area contributed by atoms with Crippen LogP contribution < -0.4 is 31.5 Å². The number of anilines is 5. The van der Waals surface area contributed by atoms with Gasteiger partial charge in [0, 0.05) is 25.2 Å². The Hall–Kier alpha value is -2.49. The van der Waals surface area contributed by atoms with Crippen LogP contribution in [0.3, 0.4) is 0 Å². The quantitative estimate of drug-likeness (QED) is 0.463. The van der Waals surface area contributed by atoms with Crippen LogP contribution in [0.15, 0.2) is 18.2 Å². The highest BCUT2D eigenvalue weighted by Gasteiger charge is 2.36. The number of hydrazine groups is 2. The Morgan fingerprint density at radius 2 is 1.97 bits per heavy atom. The van der Waals surface area contributed by atoms with Crippen LogP contribution in [-0.4, -0.2) is 46.4 Å².